The summed E-state index contributed by atoms with van der Waals surface area (Å²) in [5.41, 5.74) is 1.54. The molecule has 0 spiro atoms. The second-order valence-corrected chi connectivity index (χ2v) is 9.59. The highest BCUT2D eigenvalue weighted by Crippen LogP contribution is 2.32. The van der Waals surface area contributed by atoms with Crippen molar-refractivity contribution in [2.75, 3.05) is 19.4 Å². The van der Waals surface area contributed by atoms with Crippen molar-refractivity contribution < 1.29 is 13.2 Å². The van der Waals surface area contributed by atoms with Gasteiger partial charge in [-0.3, -0.25) is 15.1 Å². The van der Waals surface area contributed by atoms with E-state index in [1.54, 1.807) is 6.20 Å². The van der Waals surface area contributed by atoms with Gasteiger partial charge in [-0.1, -0.05) is 29.0 Å². The van der Waals surface area contributed by atoms with Gasteiger partial charge in [-0.25, -0.2) is 17.7 Å². The van der Waals surface area contributed by atoms with Crippen molar-refractivity contribution in [2.24, 2.45) is 0 Å². The van der Waals surface area contributed by atoms with Crippen molar-refractivity contribution in [1.29, 1.82) is 0 Å². The quantitative estimate of drug-likeness (QED) is 0.658. The van der Waals surface area contributed by atoms with Crippen LogP contribution >= 0.6 is 22.9 Å². The van der Waals surface area contributed by atoms with Gasteiger partial charge in [-0.2, -0.15) is 0 Å². The van der Waals surface area contributed by atoms with Crippen LogP contribution in [0.4, 0.5) is 5.13 Å². The zero-order valence-corrected chi connectivity index (χ0v) is 17.7. The van der Waals surface area contributed by atoms with E-state index in [0.717, 1.165) is 20.6 Å². The minimum atomic E-state index is -3.69. The van der Waals surface area contributed by atoms with E-state index in [0.29, 0.717) is 5.13 Å². The highest BCUT2D eigenvalue weighted by molar-refractivity contribution is 7.89. The molecule has 1 aromatic carbocycles. The Morgan fingerprint density at radius 3 is 2.61 bits per heavy atom. The number of nitrogens with one attached hydrogen (secondary N) is 1. The lowest BCUT2D eigenvalue weighted by molar-refractivity contribution is 0.102. The van der Waals surface area contributed by atoms with Gasteiger partial charge in [0, 0.05) is 20.3 Å². The van der Waals surface area contributed by atoms with E-state index in [-0.39, 0.29) is 15.5 Å². The summed E-state index contributed by atoms with van der Waals surface area (Å²) in [6.07, 6.45) is 1.68. The fourth-order valence-electron chi connectivity index (χ4n) is 2.40. The zero-order chi connectivity index (χ0) is 20.5. The molecule has 0 saturated heterocycles. The molecule has 146 valence electrons. The van der Waals surface area contributed by atoms with Gasteiger partial charge in [0.05, 0.1) is 31.7 Å². The maximum Gasteiger partial charge on any atom is 0.259 e. The molecule has 0 radical (unpaired) electrons. The van der Waals surface area contributed by atoms with Crippen LogP contribution in [0.1, 0.15) is 16.1 Å². The summed E-state index contributed by atoms with van der Waals surface area (Å²) < 4.78 is 25.7. The van der Waals surface area contributed by atoms with Gasteiger partial charge in [-0.15, -0.1) is 0 Å². The number of amides is 1. The van der Waals surface area contributed by atoms with E-state index in [1.807, 2.05) is 25.1 Å². The first kappa shape index (κ1) is 20.4. The van der Waals surface area contributed by atoms with Gasteiger partial charge in [0.15, 0.2) is 5.13 Å². The molecule has 0 aliphatic rings. The second-order valence-electron chi connectivity index (χ2n) is 6.03. The van der Waals surface area contributed by atoms with Crippen molar-refractivity contribution in [3.8, 4) is 10.6 Å². The molecule has 1 N–H and O–H groups in total. The Balaban J connectivity index is 1.90. The normalized spacial score (nSPS) is 11.6. The first-order valence-electron chi connectivity index (χ1n) is 8.12. The highest BCUT2D eigenvalue weighted by Gasteiger charge is 2.21. The lowest BCUT2D eigenvalue weighted by atomic mass is 10.2. The minimum Gasteiger partial charge on any atom is -0.298 e. The molecule has 3 rings (SSSR count). The minimum absolute atomic E-state index is 0.0171. The first-order chi connectivity index (χ1) is 13.2. The summed E-state index contributed by atoms with van der Waals surface area (Å²) in [6, 6.07) is 9.56. The van der Waals surface area contributed by atoms with E-state index in [9.17, 15) is 13.2 Å². The molecule has 2 aromatic heterocycles. The Hall–Kier alpha value is -2.33. The molecule has 2 heterocycles. The molecule has 0 saturated carbocycles. The SMILES string of the molecule is Cc1nc(NC(=O)c2cc(S(=O)(=O)N(C)C)ccc2Cl)sc1-c1ccccn1. The van der Waals surface area contributed by atoms with Crippen LogP contribution in [0.25, 0.3) is 10.6 Å². The van der Waals surface area contributed by atoms with E-state index in [4.69, 9.17) is 11.6 Å². The number of hydrogen-bond acceptors (Lipinski definition) is 6. The molecular formula is C18H17ClN4O3S2. The molecule has 0 aliphatic carbocycles. The third kappa shape index (κ3) is 4.07. The van der Waals surface area contributed by atoms with E-state index < -0.39 is 15.9 Å². The molecular weight excluding hydrogens is 420 g/mol. The van der Waals surface area contributed by atoms with Crippen LogP contribution in [-0.2, 0) is 10.0 Å². The van der Waals surface area contributed by atoms with E-state index >= 15 is 0 Å². The van der Waals surface area contributed by atoms with E-state index in [1.165, 1.54) is 43.6 Å². The molecule has 0 unspecified atom stereocenters. The Kier molecular flexibility index (Phi) is 5.80. The Bertz CT molecular complexity index is 1130. The van der Waals surface area contributed by atoms with Crippen LogP contribution in [0, 0.1) is 6.92 Å². The topological polar surface area (TPSA) is 92.3 Å². The van der Waals surface area contributed by atoms with Crippen LogP contribution in [0.3, 0.4) is 0 Å². The number of nitrogens with zero attached hydrogens (tertiary/aromatic N) is 3. The number of carbonyl (C=O) groups excluding carboxylic acids is 1. The van der Waals surface area contributed by atoms with Gasteiger partial charge >= 0.3 is 0 Å². The molecule has 3 aromatic rings. The second kappa shape index (κ2) is 7.96. The maximum absolute atomic E-state index is 12.7. The number of carbonyl (C=O) groups is 1. The van der Waals surface area contributed by atoms with Gasteiger partial charge in [0.2, 0.25) is 10.0 Å². The molecule has 0 fully saturated rings. The van der Waals surface area contributed by atoms with Crippen molar-refractivity contribution in [3.63, 3.8) is 0 Å². The fourth-order valence-corrected chi connectivity index (χ4v) is 4.47. The van der Waals surface area contributed by atoms with Gasteiger partial charge in [0.1, 0.15) is 0 Å². The lowest BCUT2D eigenvalue weighted by Gasteiger charge is -2.13. The van der Waals surface area contributed by atoms with Crippen LogP contribution < -0.4 is 5.32 Å². The van der Waals surface area contributed by atoms with Crippen molar-refractivity contribution in [3.05, 3.63) is 58.9 Å². The summed E-state index contributed by atoms with van der Waals surface area (Å²) in [7, 11) is -0.852. The summed E-state index contributed by atoms with van der Waals surface area (Å²) >= 11 is 7.40. The monoisotopic (exact) mass is 436 g/mol. The van der Waals surface area contributed by atoms with Gasteiger partial charge in [-0.05, 0) is 37.3 Å². The summed E-state index contributed by atoms with van der Waals surface area (Å²) in [5.74, 6) is -0.540. The summed E-state index contributed by atoms with van der Waals surface area (Å²) in [5, 5.41) is 3.21. The number of pyridine rings is 1. The van der Waals surface area contributed by atoms with Crippen LogP contribution in [0.15, 0.2) is 47.5 Å². The molecule has 1 amide bonds. The Morgan fingerprint density at radius 1 is 1.21 bits per heavy atom. The fraction of sp³-hybridized carbons (Fsp3) is 0.167. The largest absolute Gasteiger partial charge is 0.298 e. The average Bonchev–Trinajstić information content (AvgIpc) is 3.02. The van der Waals surface area contributed by atoms with Crippen molar-refractivity contribution in [1.82, 2.24) is 14.3 Å². The molecule has 0 aliphatic heterocycles. The summed E-state index contributed by atoms with van der Waals surface area (Å²) in [6.45, 7) is 1.83. The molecule has 10 heteroatoms. The number of halogens is 1. The summed E-state index contributed by atoms with van der Waals surface area (Å²) in [4.78, 5) is 22.2. The number of aromatic nitrogens is 2. The predicted octanol–water partition coefficient (Wildman–Crippen LogP) is 3.67. The Labute approximate surface area is 172 Å². The number of rotatable bonds is 5. The predicted molar refractivity (Wildman–Crippen MR) is 110 cm³/mol. The number of hydrogen-bond donors (Lipinski definition) is 1. The third-order valence-electron chi connectivity index (χ3n) is 3.88. The molecule has 0 atom stereocenters. The van der Waals surface area contributed by atoms with Crippen molar-refractivity contribution >= 4 is 44.0 Å². The Morgan fingerprint density at radius 2 is 1.96 bits per heavy atom. The van der Waals surface area contributed by atoms with Crippen molar-refractivity contribution in [2.45, 2.75) is 11.8 Å². The molecule has 0 bridgehead atoms. The maximum atomic E-state index is 12.7. The lowest BCUT2D eigenvalue weighted by Crippen LogP contribution is -2.23. The third-order valence-corrected chi connectivity index (χ3v) is 7.11. The highest BCUT2D eigenvalue weighted by atomic mass is 35.5. The van der Waals surface area contributed by atoms with Gasteiger partial charge < -0.3 is 0 Å². The van der Waals surface area contributed by atoms with Crippen LogP contribution in [0.2, 0.25) is 5.02 Å². The number of aryl methyl sites for hydroxylation is 1. The van der Waals surface area contributed by atoms with Gasteiger partial charge in [0.25, 0.3) is 5.91 Å². The first-order valence-corrected chi connectivity index (χ1v) is 10.8. The van der Waals surface area contributed by atoms with Crippen LogP contribution in [-0.4, -0.2) is 42.7 Å². The standard InChI is InChI=1S/C18H17ClN4O3S2/c1-11-16(15-6-4-5-9-20-15)27-18(21-11)22-17(24)13-10-12(7-8-14(13)19)28(25,26)23(2)3/h4-10H,1-3H3,(H,21,22,24). The number of anilines is 1. The smallest absolute Gasteiger partial charge is 0.259 e. The average molecular weight is 437 g/mol. The number of benzene rings is 1. The molecule has 28 heavy (non-hydrogen) atoms. The zero-order valence-electron chi connectivity index (χ0n) is 15.3. The molecule has 7 nitrogen and oxygen atoms in total. The van der Waals surface area contributed by atoms with Crippen LogP contribution in [0.5, 0.6) is 0 Å². The number of thiazole rings is 1. The number of sulfonamides is 1. The van der Waals surface area contributed by atoms with E-state index in [2.05, 4.69) is 15.3 Å².